The van der Waals surface area contributed by atoms with Crippen LogP contribution in [0.15, 0.2) is 23.9 Å². The first-order chi connectivity index (χ1) is 11.4. The van der Waals surface area contributed by atoms with Crippen molar-refractivity contribution in [1.29, 1.82) is 0 Å². The van der Waals surface area contributed by atoms with Gasteiger partial charge in [0.05, 0.1) is 14.2 Å². The Kier molecular flexibility index (Phi) is 3.76. The summed E-state index contributed by atoms with van der Waals surface area (Å²) in [7, 11) is 2.84. The predicted molar refractivity (Wildman–Crippen MR) is 83.5 cm³/mol. The van der Waals surface area contributed by atoms with Gasteiger partial charge in [-0.3, -0.25) is 0 Å². The molecule has 1 aliphatic rings. The van der Waals surface area contributed by atoms with Crippen molar-refractivity contribution in [2.45, 2.75) is 13.0 Å². The molecular formula is C15H16N4O5. The number of allylic oxidation sites excluding steroid dienone is 1. The summed E-state index contributed by atoms with van der Waals surface area (Å²) in [6.45, 7) is 1.71. The number of nitrogens with zero attached hydrogens (tertiary/aromatic N) is 3. The van der Waals surface area contributed by atoms with Crippen molar-refractivity contribution in [3.05, 3.63) is 35.3 Å². The maximum absolute atomic E-state index is 11.4. The van der Waals surface area contributed by atoms with Gasteiger partial charge in [-0.25, -0.2) is 9.48 Å². The molecule has 0 bridgehead atoms. The first kappa shape index (κ1) is 15.7. The zero-order valence-electron chi connectivity index (χ0n) is 13.3. The average molecular weight is 332 g/mol. The molecule has 2 aromatic rings. The van der Waals surface area contributed by atoms with Gasteiger partial charge in [-0.15, -0.1) is 0 Å². The molecule has 0 spiro atoms. The van der Waals surface area contributed by atoms with Crippen LogP contribution in [0.2, 0.25) is 0 Å². The number of methoxy groups -OCH3 is 2. The van der Waals surface area contributed by atoms with Gasteiger partial charge in [0.15, 0.2) is 11.5 Å². The summed E-state index contributed by atoms with van der Waals surface area (Å²) in [6.07, 6.45) is 1.51. The van der Waals surface area contributed by atoms with E-state index in [9.17, 15) is 15.0 Å². The van der Waals surface area contributed by atoms with Crippen LogP contribution in [0, 0.1) is 6.92 Å². The van der Waals surface area contributed by atoms with E-state index in [4.69, 9.17) is 9.47 Å². The van der Waals surface area contributed by atoms with Crippen LogP contribution in [0.1, 0.15) is 17.4 Å². The van der Waals surface area contributed by atoms with E-state index >= 15 is 0 Å². The number of phenolic OH excluding ortho intramolecular Hbond substituents is 1. The van der Waals surface area contributed by atoms with Crippen molar-refractivity contribution < 1.29 is 24.5 Å². The number of fused-ring (bicyclic) bond motifs is 1. The molecule has 0 radical (unpaired) electrons. The van der Waals surface area contributed by atoms with Crippen molar-refractivity contribution >= 4 is 11.9 Å². The molecule has 3 rings (SSSR count). The molecule has 3 N–H and O–H groups in total. The minimum absolute atomic E-state index is 0.00842. The van der Waals surface area contributed by atoms with E-state index in [0.29, 0.717) is 17.3 Å². The molecule has 0 saturated carbocycles. The van der Waals surface area contributed by atoms with Gasteiger partial charge in [0.2, 0.25) is 11.7 Å². The number of aromatic hydroxyl groups is 1. The standard InChI is InChI=1S/C15H16N4O5/c1-7-16-15-17-9(14(21)22)6-10(19(15)18-7)8-4-11(23-2)13(20)12(5-8)24-3/h4-6,10,20H,1-3H3,(H,21,22)(H,16,17,18)/t10-/m1/s1. The molecule has 1 aromatic carbocycles. The van der Waals surface area contributed by atoms with E-state index < -0.39 is 12.0 Å². The van der Waals surface area contributed by atoms with Gasteiger partial charge in [-0.2, -0.15) is 10.1 Å². The number of hydrogen-bond acceptors (Lipinski definition) is 7. The summed E-state index contributed by atoms with van der Waals surface area (Å²) < 4.78 is 11.9. The SMILES string of the molecule is COc1cc([C@H]2C=C(C(=O)O)Nc3nc(C)nn32)cc(OC)c1O. The van der Waals surface area contributed by atoms with E-state index in [1.165, 1.54) is 20.3 Å². The Hall–Kier alpha value is -3.23. The number of ether oxygens (including phenoxy) is 2. The van der Waals surface area contributed by atoms with Crippen LogP contribution in [-0.4, -0.2) is 45.2 Å². The van der Waals surface area contributed by atoms with Crippen molar-refractivity contribution in [2.24, 2.45) is 0 Å². The molecule has 0 aliphatic carbocycles. The molecule has 1 aliphatic heterocycles. The van der Waals surface area contributed by atoms with Gasteiger partial charge in [0, 0.05) is 0 Å². The van der Waals surface area contributed by atoms with E-state index in [0.717, 1.165) is 0 Å². The first-order valence-corrected chi connectivity index (χ1v) is 7.04. The second-order valence-electron chi connectivity index (χ2n) is 5.16. The highest BCUT2D eigenvalue weighted by atomic mass is 16.5. The number of aromatic nitrogens is 3. The maximum Gasteiger partial charge on any atom is 0.352 e. The van der Waals surface area contributed by atoms with Crippen LogP contribution in [0.4, 0.5) is 5.95 Å². The number of aliphatic carboxylic acids is 1. The number of carboxylic acid groups (broad SMARTS) is 1. The lowest BCUT2D eigenvalue weighted by Crippen LogP contribution is -2.24. The fourth-order valence-corrected chi connectivity index (χ4v) is 2.55. The molecule has 9 heteroatoms. The Bertz CT molecular complexity index is 817. The Labute approximate surface area is 137 Å². The molecule has 2 heterocycles. The Balaban J connectivity index is 2.18. The van der Waals surface area contributed by atoms with E-state index in [1.807, 2.05) is 0 Å². The van der Waals surface area contributed by atoms with Crippen LogP contribution in [0.3, 0.4) is 0 Å². The van der Waals surface area contributed by atoms with Crippen molar-refractivity contribution in [3.8, 4) is 17.2 Å². The number of phenols is 1. The number of nitrogens with one attached hydrogen (secondary N) is 1. The third kappa shape index (κ3) is 2.49. The summed E-state index contributed by atoms with van der Waals surface area (Å²) in [5.74, 6) is 0.0153. The number of carboxylic acids is 1. The van der Waals surface area contributed by atoms with Gasteiger partial charge in [0.25, 0.3) is 0 Å². The van der Waals surface area contributed by atoms with Crippen molar-refractivity contribution in [3.63, 3.8) is 0 Å². The fourth-order valence-electron chi connectivity index (χ4n) is 2.55. The summed E-state index contributed by atoms with van der Waals surface area (Å²) in [4.78, 5) is 15.6. The zero-order valence-corrected chi connectivity index (χ0v) is 13.3. The van der Waals surface area contributed by atoms with Gasteiger partial charge in [0.1, 0.15) is 17.6 Å². The Morgan fingerprint density at radius 3 is 2.46 bits per heavy atom. The molecular weight excluding hydrogens is 316 g/mol. The van der Waals surface area contributed by atoms with E-state index in [2.05, 4.69) is 15.4 Å². The summed E-state index contributed by atoms with van der Waals surface area (Å²) >= 11 is 0. The topological polar surface area (TPSA) is 119 Å². The predicted octanol–water partition coefficient (Wildman–Crippen LogP) is 1.29. The number of aryl methyl sites for hydroxylation is 1. The third-order valence-electron chi connectivity index (χ3n) is 3.65. The highest BCUT2D eigenvalue weighted by Gasteiger charge is 2.28. The molecule has 1 aromatic heterocycles. The summed E-state index contributed by atoms with van der Waals surface area (Å²) in [5, 5.41) is 26.4. The smallest absolute Gasteiger partial charge is 0.352 e. The normalized spacial score (nSPS) is 16.0. The summed E-state index contributed by atoms with van der Waals surface area (Å²) in [5.41, 5.74) is 0.624. The molecule has 0 fully saturated rings. The van der Waals surface area contributed by atoms with Crippen LogP contribution in [0.25, 0.3) is 0 Å². The van der Waals surface area contributed by atoms with E-state index in [1.54, 1.807) is 23.7 Å². The highest BCUT2D eigenvalue weighted by Crippen LogP contribution is 2.40. The number of anilines is 1. The lowest BCUT2D eigenvalue weighted by Gasteiger charge is -2.23. The van der Waals surface area contributed by atoms with Gasteiger partial charge in [-0.05, 0) is 30.7 Å². The molecule has 1 atom stereocenters. The highest BCUT2D eigenvalue weighted by molar-refractivity contribution is 5.90. The molecule has 0 unspecified atom stereocenters. The van der Waals surface area contributed by atoms with Crippen LogP contribution < -0.4 is 14.8 Å². The van der Waals surface area contributed by atoms with Gasteiger partial charge >= 0.3 is 5.97 Å². The summed E-state index contributed by atoms with van der Waals surface area (Å²) in [6, 6.07) is 2.66. The second-order valence-corrected chi connectivity index (χ2v) is 5.16. The maximum atomic E-state index is 11.4. The molecule has 126 valence electrons. The Morgan fingerprint density at radius 1 is 1.29 bits per heavy atom. The van der Waals surface area contributed by atoms with Crippen LogP contribution in [-0.2, 0) is 4.79 Å². The lowest BCUT2D eigenvalue weighted by atomic mass is 10.0. The monoisotopic (exact) mass is 332 g/mol. The van der Waals surface area contributed by atoms with Crippen molar-refractivity contribution in [1.82, 2.24) is 14.8 Å². The first-order valence-electron chi connectivity index (χ1n) is 7.04. The van der Waals surface area contributed by atoms with Gasteiger partial charge < -0.3 is 25.0 Å². The van der Waals surface area contributed by atoms with Crippen LogP contribution in [0.5, 0.6) is 17.2 Å². The largest absolute Gasteiger partial charge is 0.502 e. The fraction of sp³-hybridized carbons (Fsp3) is 0.267. The Morgan fingerprint density at radius 2 is 1.92 bits per heavy atom. The molecule has 9 nitrogen and oxygen atoms in total. The quantitative estimate of drug-likeness (QED) is 0.766. The van der Waals surface area contributed by atoms with E-state index in [-0.39, 0.29) is 22.9 Å². The number of carbonyl (C=O) groups is 1. The molecule has 24 heavy (non-hydrogen) atoms. The van der Waals surface area contributed by atoms with Gasteiger partial charge in [-0.1, -0.05) is 0 Å². The minimum atomic E-state index is -1.11. The number of hydrogen-bond donors (Lipinski definition) is 3. The second kappa shape index (κ2) is 5.76. The number of benzene rings is 1. The zero-order chi connectivity index (χ0) is 17.4. The minimum Gasteiger partial charge on any atom is -0.502 e. The number of rotatable bonds is 4. The van der Waals surface area contributed by atoms with Crippen LogP contribution >= 0.6 is 0 Å². The lowest BCUT2D eigenvalue weighted by molar-refractivity contribution is -0.132. The molecule has 0 saturated heterocycles. The van der Waals surface area contributed by atoms with Crippen molar-refractivity contribution in [2.75, 3.05) is 19.5 Å². The molecule has 0 amide bonds. The average Bonchev–Trinajstić information content (AvgIpc) is 2.94. The third-order valence-corrected chi connectivity index (χ3v) is 3.65.